The van der Waals surface area contributed by atoms with Crippen molar-refractivity contribution < 1.29 is 9.84 Å². The number of hydrogen-bond acceptors (Lipinski definition) is 2. The summed E-state index contributed by atoms with van der Waals surface area (Å²) >= 11 is 0. The fourth-order valence-electron chi connectivity index (χ4n) is 2.13. The summed E-state index contributed by atoms with van der Waals surface area (Å²) in [5.74, 6) is 0.861. The van der Waals surface area contributed by atoms with Crippen LogP contribution in [0.1, 0.15) is 19.4 Å². The van der Waals surface area contributed by atoms with E-state index in [4.69, 9.17) is 4.74 Å². The molecule has 0 saturated heterocycles. The summed E-state index contributed by atoms with van der Waals surface area (Å²) in [6, 6.07) is 12.1. The second-order valence-corrected chi connectivity index (χ2v) is 4.91. The number of benzene rings is 2. The maximum atomic E-state index is 9.53. The summed E-state index contributed by atoms with van der Waals surface area (Å²) in [5, 5.41) is 11.8. The van der Waals surface area contributed by atoms with Gasteiger partial charge in [0.2, 0.25) is 0 Å². The van der Waals surface area contributed by atoms with E-state index < -0.39 is 0 Å². The van der Waals surface area contributed by atoms with Crippen LogP contribution in [-0.2, 0) is 5.41 Å². The molecule has 0 fully saturated rings. The predicted molar refractivity (Wildman–Crippen MR) is 70.6 cm³/mol. The SMILES string of the molecule is COc1cccc2cccc(C(C)(C)CO)c12. The van der Waals surface area contributed by atoms with Crippen molar-refractivity contribution in [2.24, 2.45) is 0 Å². The average molecular weight is 230 g/mol. The van der Waals surface area contributed by atoms with Gasteiger partial charge in [-0.25, -0.2) is 0 Å². The van der Waals surface area contributed by atoms with Gasteiger partial charge in [0.25, 0.3) is 0 Å². The van der Waals surface area contributed by atoms with Crippen molar-refractivity contribution >= 4 is 10.8 Å². The zero-order valence-corrected chi connectivity index (χ0v) is 10.5. The summed E-state index contributed by atoms with van der Waals surface area (Å²) in [6.45, 7) is 4.19. The van der Waals surface area contributed by atoms with Crippen LogP contribution in [0.2, 0.25) is 0 Å². The van der Waals surface area contributed by atoms with Crippen molar-refractivity contribution in [2.75, 3.05) is 13.7 Å². The van der Waals surface area contributed by atoms with Crippen LogP contribution in [-0.4, -0.2) is 18.8 Å². The van der Waals surface area contributed by atoms with E-state index in [1.807, 2.05) is 32.0 Å². The van der Waals surface area contributed by atoms with Gasteiger partial charge >= 0.3 is 0 Å². The van der Waals surface area contributed by atoms with Gasteiger partial charge in [-0.3, -0.25) is 0 Å². The molecule has 1 N–H and O–H groups in total. The molecule has 0 aromatic heterocycles. The maximum absolute atomic E-state index is 9.53. The van der Waals surface area contributed by atoms with Crippen LogP contribution in [0, 0.1) is 0 Å². The summed E-state index contributed by atoms with van der Waals surface area (Å²) in [7, 11) is 1.68. The molecule has 0 radical (unpaired) electrons. The lowest BCUT2D eigenvalue weighted by Gasteiger charge is -2.25. The third-order valence-electron chi connectivity index (χ3n) is 3.21. The second kappa shape index (κ2) is 4.38. The first-order valence-electron chi connectivity index (χ1n) is 5.77. The molecule has 0 amide bonds. The number of fused-ring (bicyclic) bond motifs is 1. The first kappa shape index (κ1) is 11.9. The minimum Gasteiger partial charge on any atom is -0.496 e. The summed E-state index contributed by atoms with van der Waals surface area (Å²) in [4.78, 5) is 0. The van der Waals surface area contributed by atoms with E-state index in [2.05, 4.69) is 18.2 Å². The highest BCUT2D eigenvalue weighted by molar-refractivity contribution is 5.92. The zero-order valence-electron chi connectivity index (χ0n) is 10.5. The quantitative estimate of drug-likeness (QED) is 0.877. The molecule has 90 valence electrons. The number of hydrogen-bond donors (Lipinski definition) is 1. The van der Waals surface area contributed by atoms with Crippen molar-refractivity contribution in [1.29, 1.82) is 0 Å². The summed E-state index contributed by atoms with van der Waals surface area (Å²) in [6.07, 6.45) is 0. The van der Waals surface area contributed by atoms with Gasteiger partial charge in [-0.15, -0.1) is 0 Å². The molecule has 2 rings (SSSR count). The molecule has 0 saturated carbocycles. The second-order valence-electron chi connectivity index (χ2n) is 4.91. The Balaban J connectivity index is 2.80. The largest absolute Gasteiger partial charge is 0.496 e. The van der Waals surface area contributed by atoms with Gasteiger partial charge in [-0.05, 0) is 17.0 Å². The van der Waals surface area contributed by atoms with Crippen LogP contribution in [0.3, 0.4) is 0 Å². The lowest BCUT2D eigenvalue weighted by Crippen LogP contribution is -2.22. The Hall–Kier alpha value is -1.54. The van der Waals surface area contributed by atoms with E-state index in [0.717, 1.165) is 22.1 Å². The number of aliphatic hydroxyl groups excluding tert-OH is 1. The van der Waals surface area contributed by atoms with E-state index in [1.54, 1.807) is 7.11 Å². The Morgan fingerprint density at radius 1 is 1.12 bits per heavy atom. The van der Waals surface area contributed by atoms with Crippen LogP contribution < -0.4 is 4.74 Å². The monoisotopic (exact) mass is 230 g/mol. The molecule has 0 spiro atoms. The number of ether oxygens (including phenoxy) is 1. The fraction of sp³-hybridized carbons (Fsp3) is 0.333. The first-order valence-corrected chi connectivity index (χ1v) is 5.77. The molecule has 2 aromatic carbocycles. The van der Waals surface area contributed by atoms with Crippen LogP contribution in [0.25, 0.3) is 10.8 Å². The molecule has 0 heterocycles. The minimum absolute atomic E-state index is 0.115. The fourth-order valence-corrected chi connectivity index (χ4v) is 2.13. The molecule has 2 heteroatoms. The van der Waals surface area contributed by atoms with Gasteiger partial charge < -0.3 is 9.84 Å². The van der Waals surface area contributed by atoms with E-state index >= 15 is 0 Å². The standard InChI is InChI=1S/C15H18O2/c1-15(2,10-16)12-8-4-6-11-7-5-9-13(17-3)14(11)12/h4-9,16H,10H2,1-3H3. The highest BCUT2D eigenvalue weighted by Crippen LogP contribution is 2.35. The normalized spacial score (nSPS) is 11.8. The van der Waals surface area contributed by atoms with Crippen molar-refractivity contribution in [2.45, 2.75) is 19.3 Å². The van der Waals surface area contributed by atoms with Crippen molar-refractivity contribution in [3.63, 3.8) is 0 Å². The molecule has 2 nitrogen and oxygen atoms in total. The van der Waals surface area contributed by atoms with Gasteiger partial charge in [-0.1, -0.05) is 44.2 Å². The molecule has 0 atom stereocenters. The summed E-state index contributed by atoms with van der Waals surface area (Å²) < 4.78 is 5.43. The molecular weight excluding hydrogens is 212 g/mol. The van der Waals surface area contributed by atoms with Gasteiger partial charge in [-0.2, -0.15) is 0 Å². The van der Waals surface area contributed by atoms with Crippen LogP contribution in [0.15, 0.2) is 36.4 Å². The molecule has 17 heavy (non-hydrogen) atoms. The molecule has 0 bridgehead atoms. The number of aliphatic hydroxyl groups is 1. The molecular formula is C15H18O2. The molecule has 0 aliphatic rings. The highest BCUT2D eigenvalue weighted by atomic mass is 16.5. The van der Waals surface area contributed by atoms with Gasteiger partial charge in [0.05, 0.1) is 13.7 Å². The Morgan fingerprint density at radius 3 is 2.35 bits per heavy atom. The lowest BCUT2D eigenvalue weighted by molar-refractivity contribution is 0.219. The molecule has 2 aromatic rings. The van der Waals surface area contributed by atoms with Crippen LogP contribution in [0.5, 0.6) is 5.75 Å². The molecule has 0 aliphatic heterocycles. The van der Waals surface area contributed by atoms with Crippen molar-refractivity contribution in [3.05, 3.63) is 42.0 Å². The first-order chi connectivity index (χ1) is 8.10. The van der Waals surface area contributed by atoms with Crippen LogP contribution >= 0.6 is 0 Å². The third-order valence-corrected chi connectivity index (χ3v) is 3.21. The van der Waals surface area contributed by atoms with Crippen LogP contribution in [0.4, 0.5) is 0 Å². The van der Waals surface area contributed by atoms with Gasteiger partial charge in [0.15, 0.2) is 0 Å². The number of rotatable bonds is 3. The van der Waals surface area contributed by atoms with E-state index in [1.165, 1.54) is 0 Å². The van der Waals surface area contributed by atoms with E-state index in [-0.39, 0.29) is 12.0 Å². The summed E-state index contributed by atoms with van der Waals surface area (Å²) in [5.41, 5.74) is 0.851. The predicted octanol–water partition coefficient (Wildman–Crippen LogP) is 3.12. The topological polar surface area (TPSA) is 29.5 Å². The highest BCUT2D eigenvalue weighted by Gasteiger charge is 2.23. The lowest BCUT2D eigenvalue weighted by atomic mass is 9.82. The maximum Gasteiger partial charge on any atom is 0.126 e. The minimum atomic E-state index is -0.270. The van der Waals surface area contributed by atoms with Crippen molar-refractivity contribution in [3.8, 4) is 5.75 Å². The smallest absolute Gasteiger partial charge is 0.126 e. The van der Waals surface area contributed by atoms with E-state index in [0.29, 0.717) is 0 Å². The molecule has 0 unspecified atom stereocenters. The number of methoxy groups -OCH3 is 1. The average Bonchev–Trinajstić information content (AvgIpc) is 2.37. The Labute approximate surface area is 102 Å². The van der Waals surface area contributed by atoms with Crippen molar-refractivity contribution in [1.82, 2.24) is 0 Å². The Bertz CT molecular complexity index is 524. The zero-order chi connectivity index (χ0) is 12.5. The molecule has 0 aliphatic carbocycles. The van der Waals surface area contributed by atoms with E-state index in [9.17, 15) is 5.11 Å². The van der Waals surface area contributed by atoms with Gasteiger partial charge in [0.1, 0.15) is 5.75 Å². The van der Waals surface area contributed by atoms with Gasteiger partial charge in [0, 0.05) is 10.8 Å². The Morgan fingerprint density at radius 2 is 1.76 bits per heavy atom. The Kier molecular flexibility index (Phi) is 3.07. The third kappa shape index (κ3) is 2.01.